The molecule has 0 bridgehead atoms. The molecule has 1 saturated carbocycles. The lowest BCUT2D eigenvalue weighted by molar-refractivity contribution is -0.123. The molecule has 1 fully saturated rings. The highest BCUT2D eigenvalue weighted by Gasteiger charge is 2.29. The molecular formula is C17H16Br2N2O2S. The molecule has 1 aromatic carbocycles. The zero-order valence-electron chi connectivity index (χ0n) is 12.7. The van der Waals surface area contributed by atoms with E-state index >= 15 is 0 Å². The van der Waals surface area contributed by atoms with Crippen molar-refractivity contribution in [3.63, 3.8) is 0 Å². The third-order valence-electron chi connectivity index (χ3n) is 3.70. The fraction of sp³-hybridized carbons (Fsp3) is 0.294. The van der Waals surface area contributed by atoms with Gasteiger partial charge in [-0.25, -0.2) is 0 Å². The van der Waals surface area contributed by atoms with Crippen molar-refractivity contribution in [1.82, 2.24) is 10.6 Å². The first kappa shape index (κ1) is 17.6. The SMILES string of the molecule is O=C(NC(Cc1ccccc1)C(=O)NC1CC1)c1cc(Br)c(Br)s1. The summed E-state index contributed by atoms with van der Waals surface area (Å²) in [4.78, 5) is 25.6. The summed E-state index contributed by atoms with van der Waals surface area (Å²) in [7, 11) is 0. The van der Waals surface area contributed by atoms with Gasteiger partial charge in [-0.3, -0.25) is 9.59 Å². The number of amides is 2. The summed E-state index contributed by atoms with van der Waals surface area (Å²) in [5.74, 6) is -0.359. The molecule has 1 aliphatic carbocycles. The molecule has 0 aliphatic heterocycles. The zero-order valence-corrected chi connectivity index (χ0v) is 16.7. The van der Waals surface area contributed by atoms with Gasteiger partial charge < -0.3 is 10.6 Å². The first-order chi connectivity index (χ1) is 11.5. The molecule has 1 heterocycles. The highest BCUT2D eigenvalue weighted by atomic mass is 79.9. The lowest BCUT2D eigenvalue weighted by Gasteiger charge is -2.18. The Labute approximate surface area is 161 Å². The molecule has 24 heavy (non-hydrogen) atoms. The largest absolute Gasteiger partial charge is 0.352 e. The maximum absolute atomic E-state index is 12.5. The Hall–Kier alpha value is -1.18. The van der Waals surface area contributed by atoms with Crippen molar-refractivity contribution in [3.8, 4) is 0 Å². The van der Waals surface area contributed by atoms with E-state index in [2.05, 4.69) is 42.5 Å². The smallest absolute Gasteiger partial charge is 0.262 e. The first-order valence-corrected chi connectivity index (χ1v) is 10.0. The molecule has 4 nitrogen and oxygen atoms in total. The molecule has 1 atom stereocenters. The van der Waals surface area contributed by atoms with Gasteiger partial charge in [0, 0.05) is 16.9 Å². The minimum Gasteiger partial charge on any atom is -0.352 e. The Morgan fingerprint density at radius 3 is 2.50 bits per heavy atom. The molecule has 1 unspecified atom stereocenters. The molecule has 7 heteroatoms. The van der Waals surface area contributed by atoms with Crippen molar-refractivity contribution >= 4 is 55.0 Å². The summed E-state index contributed by atoms with van der Waals surface area (Å²) < 4.78 is 1.69. The Balaban J connectivity index is 1.72. The predicted molar refractivity (Wildman–Crippen MR) is 102 cm³/mol. The second-order valence-corrected chi connectivity index (χ2v) is 8.96. The normalized spacial score (nSPS) is 14.9. The highest BCUT2D eigenvalue weighted by molar-refractivity contribution is 9.13. The maximum Gasteiger partial charge on any atom is 0.262 e. The molecule has 0 saturated heterocycles. The maximum atomic E-state index is 12.5. The fourth-order valence-electron chi connectivity index (χ4n) is 2.28. The summed E-state index contributed by atoms with van der Waals surface area (Å²) in [6.07, 6.45) is 2.50. The van der Waals surface area contributed by atoms with Gasteiger partial charge in [0.15, 0.2) is 0 Å². The highest BCUT2D eigenvalue weighted by Crippen LogP contribution is 2.32. The van der Waals surface area contributed by atoms with Crippen molar-refractivity contribution in [2.24, 2.45) is 0 Å². The first-order valence-electron chi connectivity index (χ1n) is 7.63. The van der Waals surface area contributed by atoms with E-state index in [9.17, 15) is 9.59 Å². The number of carbonyl (C=O) groups excluding carboxylic acids is 2. The van der Waals surface area contributed by atoms with Crippen LogP contribution in [0, 0.1) is 0 Å². The number of thiophene rings is 1. The van der Waals surface area contributed by atoms with Crippen LogP contribution < -0.4 is 10.6 Å². The van der Waals surface area contributed by atoms with Crippen molar-refractivity contribution in [2.75, 3.05) is 0 Å². The van der Waals surface area contributed by atoms with Gasteiger partial charge in [-0.2, -0.15) is 0 Å². The number of hydrogen-bond donors (Lipinski definition) is 2. The van der Waals surface area contributed by atoms with E-state index in [1.54, 1.807) is 6.07 Å². The Kier molecular flexibility index (Phi) is 5.73. The molecule has 1 aliphatic rings. The predicted octanol–water partition coefficient (Wildman–Crippen LogP) is 3.89. The van der Waals surface area contributed by atoms with Crippen molar-refractivity contribution in [3.05, 3.63) is 55.1 Å². The van der Waals surface area contributed by atoms with Crippen LogP contribution in [0.3, 0.4) is 0 Å². The van der Waals surface area contributed by atoms with Gasteiger partial charge in [0.05, 0.1) is 8.66 Å². The summed E-state index contributed by atoms with van der Waals surface area (Å²) in [6.45, 7) is 0. The van der Waals surface area contributed by atoms with E-state index in [1.807, 2.05) is 30.3 Å². The van der Waals surface area contributed by atoms with Gasteiger partial charge in [-0.1, -0.05) is 30.3 Å². The summed E-state index contributed by atoms with van der Waals surface area (Å²) in [5.41, 5.74) is 1.02. The minimum atomic E-state index is -0.583. The second kappa shape index (κ2) is 7.80. The monoisotopic (exact) mass is 470 g/mol. The topological polar surface area (TPSA) is 58.2 Å². The molecule has 0 spiro atoms. The molecule has 3 rings (SSSR count). The molecular weight excluding hydrogens is 456 g/mol. The van der Waals surface area contributed by atoms with E-state index in [0.29, 0.717) is 11.3 Å². The fourth-order valence-corrected chi connectivity index (χ4v) is 4.22. The van der Waals surface area contributed by atoms with Gasteiger partial charge in [0.25, 0.3) is 5.91 Å². The molecule has 2 amide bonds. The lowest BCUT2D eigenvalue weighted by Crippen LogP contribution is -2.48. The third-order valence-corrected chi connectivity index (χ3v) is 6.95. The van der Waals surface area contributed by atoms with Gasteiger partial charge >= 0.3 is 0 Å². The summed E-state index contributed by atoms with van der Waals surface area (Å²) in [5, 5.41) is 5.85. The van der Waals surface area contributed by atoms with Crippen molar-refractivity contribution < 1.29 is 9.59 Å². The average Bonchev–Trinajstić information content (AvgIpc) is 3.31. The van der Waals surface area contributed by atoms with E-state index in [-0.39, 0.29) is 17.9 Å². The number of rotatable bonds is 6. The van der Waals surface area contributed by atoms with Crippen LogP contribution in [0.4, 0.5) is 0 Å². The van der Waals surface area contributed by atoms with E-state index < -0.39 is 6.04 Å². The van der Waals surface area contributed by atoms with Crippen LogP contribution in [-0.2, 0) is 11.2 Å². The molecule has 126 valence electrons. The number of benzene rings is 1. The van der Waals surface area contributed by atoms with Crippen molar-refractivity contribution in [2.45, 2.75) is 31.3 Å². The van der Waals surface area contributed by atoms with Crippen LogP contribution in [0.1, 0.15) is 28.1 Å². The Morgan fingerprint density at radius 2 is 1.92 bits per heavy atom. The van der Waals surface area contributed by atoms with Crippen LogP contribution in [0.2, 0.25) is 0 Å². The number of hydrogen-bond acceptors (Lipinski definition) is 3. The third kappa shape index (κ3) is 4.68. The van der Waals surface area contributed by atoms with Gasteiger partial charge in [0.2, 0.25) is 5.91 Å². The van der Waals surface area contributed by atoms with E-state index in [4.69, 9.17) is 0 Å². The van der Waals surface area contributed by atoms with Gasteiger partial charge in [-0.05, 0) is 56.3 Å². The second-order valence-electron chi connectivity index (χ2n) is 5.73. The van der Waals surface area contributed by atoms with Crippen LogP contribution in [0.5, 0.6) is 0 Å². The Bertz CT molecular complexity index is 725. The van der Waals surface area contributed by atoms with E-state index in [1.165, 1.54) is 11.3 Å². The average molecular weight is 472 g/mol. The van der Waals surface area contributed by atoms with Crippen molar-refractivity contribution in [1.29, 1.82) is 0 Å². The van der Waals surface area contributed by atoms with Crippen LogP contribution in [-0.4, -0.2) is 23.9 Å². The summed E-state index contributed by atoms with van der Waals surface area (Å²) in [6, 6.07) is 11.1. The van der Waals surface area contributed by atoms with Gasteiger partial charge in [-0.15, -0.1) is 11.3 Å². The molecule has 1 aromatic heterocycles. The number of halogens is 2. The lowest BCUT2D eigenvalue weighted by atomic mass is 10.1. The summed E-state index contributed by atoms with van der Waals surface area (Å²) >= 11 is 8.10. The number of nitrogens with one attached hydrogen (secondary N) is 2. The number of carbonyl (C=O) groups is 2. The molecule has 0 radical (unpaired) electrons. The van der Waals surface area contributed by atoms with Crippen LogP contribution in [0.15, 0.2) is 44.7 Å². The molecule has 2 aromatic rings. The van der Waals surface area contributed by atoms with Crippen LogP contribution >= 0.6 is 43.2 Å². The standard InChI is InChI=1S/C17H16Br2N2O2S/c18-12-9-14(24-15(12)19)17(23)21-13(16(22)20-11-6-7-11)8-10-4-2-1-3-5-10/h1-5,9,11,13H,6-8H2,(H,20,22)(H,21,23). The van der Waals surface area contributed by atoms with Gasteiger partial charge in [0.1, 0.15) is 6.04 Å². The Morgan fingerprint density at radius 1 is 1.21 bits per heavy atom. The molecule has 2 N–H and O–H groups in total. The van der Waals surface area contributed by atoms with E-state index in [0.717, 1.165) is 26.7 Å². The zero-order chi connectivity index (χ0) is 17.1. The quantitative estimate of drug-likeness (QED) is 0.671. The van der Waals surface area contributed by atoms with Crippen LogP contribution in [0.25, 0.3) is 0 Å². The minimum absolute atomic E-state index is 0.121.